The third kappa shape index (κ3) is 2.35. The number of aryl methyl sites for hydroxylation is 1. The first-order valence-electron chi connectivity index (χ1n) is 5.69. The van der Waals surface area contributed by atoms with Crippen LogP contribution in [0.4, 0.5) is 0 Å². The molecule has 1 aromatic rings. The summed E-state index contributed by atoms with van der Waals surface area (Å²) in [6.45, 7) is 2.04. The van der Waals surface area contributed by atoms with Crippen molar-refractivity contribution in [3.05, 3.63) is 29.8 Å². The van der Waals surface area contributed by atoms with Gasteiger partial charge in [-0.25, -0.2) is 4.79 Å². The summed E-state index contributed by atoms with van der Waals surface area (Å²) in [5, 5.41) is 9.08. The number of ether oxygens (including phenoxy) is 1. The van der Waals surface area contributed by atoms with Crippen LogP contribution < -0.4 is 4.74 Å². The highest BCUT2D eigenvalue weighted by Gasteiger charge is 2.38. The van der Waals surface area contributed by atoms with E-state index in [2.05, 4.69) is 0 Å². The number of carboxylic acids is 1. The molecular weight excluding hydrogens is 204 g/mol. The second-order valence-electron chi connectivity index (χ2n) is 4.18. The SMILES string of the molecule is CCc1ccccc1OC(C(=O)O)C1CC1. The van der Waals surface area contributed by atoms with E-state index in [1.165, 1.54) is 0 Å². The minimum Gasteiger partial charge on any atom is -0.478 e. The number of benzene rings is 1. The Balaban J connectivity index is 2.14. The van der Waals surface area contributed by atoms with Gasteiger partial charge in [-0.2, -0.15) is 0 Å². The van der Waals surface area contributed by atoms with Crippen molar-refractivity contribution >= 4 is 5.97 Å². The molecule has 1 aliphatic carbocycles. The fourth-order valence-electron chi connectivity index (χ4n) is 1.79. The van der Waals surface area contributed by atoms with Crippen LogP contribution in [0.1, 0.15) is 25.3 Å². The Labute approximate surface area is 95.0 Å². The number of para-hydroxylation sites is 1. The fraction of sp³-hybridized carbons (Fsp3) is 0.462. The van der Waals surface area contributed by atoms with Gasteiger partial charge >= 0.3 is 5.97 Å². The van der Waals surface area contributed by atoms with Crippen LogP contribution in [0.2, 0.25) is 0 Å². The normalized spacial score (nSPS) is 16.8. The molecule has 0 saturated heterocycles. The largest absolute Gasteiger partial charge is 0.478 e. The zero-order chi connectivity index (χ0) is 11.5. The number of aliphatic carboxylic acids is 1. The zero-order valence-electron chi connectivity index (χ0n) is 9.35. The first-order chi connectivity index (χ1) is 7.72. The Hall–Kier alpha value is -1.51. The van der Waals surface area contributed by atoms with Crippen molar-refractivity contribution in [1.29, 1.82) is 0 Å². The van der Waals surface area contributed by atoms with E-state index in [1.54, 1.807) is 0 Å². The molecule has 0 aliphatic heterocycles. The molecule has 1 aromatic carbocycles. The minimum atomic E-state index is -0.853. The van der Waals surface area contributed by atoms with Gasteiger partial charge in [-0.3, -0.25) is 0 Å². The summed E-state index contributed by atoms with van der Waals surface area (Å²) in [7, 11) is 0. The molecule has 1 atom stereocenters. The van der Waals surface area contributed by atoms with Crippen LogP contribution in [0, 0.1) is 5.92 Å². The topological polar surface area (TPSA) is 46.5 Å². The molecule has 0 heterocycles. The van der Waals surface area contributed by atoms with E-state index in [0.29, 0.717) is 5.75 Å². The van der Waals surface area contributed by atoms with Crippen LogP contribution in [0.3, 0.4) is 0 Å². The van der Waals surface area contributed by atoms with Gasteiger partial charge < -0.3 is 9.84 Å². The van der Waals surface area contributed by atoms with Crippen molar-refractivity contribution in [3.63, 3.8) is 0 Å². The molecule has 3 heteroatoms. The summed E-state index contributed by atoms with van der Waals surface area (Å²) in [5.74, 6) is 0.0557. The maximum Gasteiger partial charge on any atom is 0.345 e. The lowest BCUT2D eigenvalue weighted by Gasteiger charge is -2.16. The Bertz CT molecular complexity index is 383. The average Bonchev–Trinajstić information content (AvgIpc) is 3.10. The van der Waals surface area contributed by atoms with Crippen LogP contribution in [-0.4, -0.2) is 17.2 Å². The Morgan fingerprint density at radius 1 is 1.50 bits per heavy atom. The molecule has 2 rings (SSSR count). The van der Waals surface area contributed by atoms with Gasteiger partial charge in [0.05, 0.1) is 0 Å². The molecule has 0 spiro atoms. The van der Waals surface area contributed by atoms with E-state index >= 15 is 0 Å². The van der Waals surface area contributed by atoms with Crippen molar-refractivity contribution in [3.8, 4) is 5.75 Å². The van der Waals surface area contributed by atoms with E-state index in [9.17, 15) is 4.79 Å². The van der Waals surface area contributed by atoms with E-state index in [4.69, 9.17) is 9.84 Å². The van der Waals surface area contributed by atoms with Gasteiger partial charge in [-0.1, -0.05) is 25.1 Å². The average molecular weight is 220 g/mol. The van der Waals surface area contributed by atoms with Crippen molar-refractivity contribution < 1.29 is 14.6 Å². The quantitative estimate of drug-likeness (QED) is 0.829. The van der Waals surface area contributed by atoms with Crippen LogP contribution in [-0.2, 0) is 11.2 Å². The Kier molecular flexibility index (Phi) is 3.13. The molecule has 0 aromatic heterocycles. The summed E-state index contributed by atoms with van der Waals surface area (Å²) in [6.07, 6.45) is 2.11. The van der Waals surface area contributed by atoms with Crippen LogP contribution in [0.25, 0.3) is 0 Å². The zero-order valence-corrected chi connectivity index (χ0v) is 9.35. The second kappa shape index (κ2) is 4.56. The third-order valence-corrected chi connectivity index (χ3v) is 2.90. The third-order valence-electron chi connectivity index (χ3n) is 2.90. The molecule has 0 radical (unpaired) electrons. The molecular formula is C13H16O3. The van der Waals surface area contributed by atoms with Gasteiger partial charge in [-0.15, -0.1) is 0 Å². The molecule has 1 unspecified atom stereocenters. The summed E-state index contributed by atoms with van der Waals surface area (Å²) < 4.78 is 5.62. The molecule has 1 N–H and O–H groups in total. The molecule has 1 saturated carbocycles. The lowest BCUT2D eigenvalue weighted by molar-refractivity contribution is -0.146. The van der Waals surface area contributed by atoms with Crippen LogP contribution in [0.15, 0.2) is 24.3 Å². The first kappa shape index (κ1) is 11.0. The molecule has 16 heavy (non-hydrogen) atoms. The van der Waals surface area contributed by atoms with Crippen LogP contribution in [0.5, 0.6) is 5.75 Å². The molecule has 0 bridgehead atoms. The van der Waals surface area contributed by atoms with Crippen molar-refractivity contribution in [2.75, 3.05) is 0 Å². The van der Waals surface area contributed by atoms with Gasteiger partial charge in [0.15, 0.2) is 6.10 Å². The van der Waals surface area contributed by atoms with Crippen molar-refractivity contribution in [2.45, 2.75) is 32.3 Å². The van der Waals surface area contributed by atoms with Crippen molar-refractivity contribution in [2.24, 2.45) is 5.92 Å². The number of carboxylic acid groups (broad SMARTS) is 1. The number of carbonyl (C=O) groups is 1. The lowest BCUT2D eigenvalue weighted by atomic mass is 10.1. The number of hydrogen-bond donors (Lipinski definition) is 1. The molecule has 3 nitrogen and oxygen atoms in total. The maximum absolute atomic E-state index is 11.1. The predicted molar refractivity (Wildman–Crippen MR) is 60.6 cm³/mol. The monoisotopic (exact) mass is 220 g/mol. The second-order valence-corrected chi connectivity index (χ2v) is 4.18. The van der Waals surface area contributed by atoms with Gasteiger partial charge in [0.25, 0.3) is 0 Å². The number of hydrogen-bond acceptors (Lipinski definition) is 2. The van der Waals surface area contributed by atoms with Gasteiger partial charge in [0.1, 0.15) is 5.75 Å². The number of rotatable bonds is 5. The maximum atomic E-state index is 11.1. The highest BCUT2D eigenvalue weighted by molar-refractivity contribution is 5.73. The van der Waals surface area contributed by atoms with Gasteiger partial charge in [-0.05, 0) is 30.9 Å². The van der Waals surface area contributed by atoms with E-state index in [0.717, 1.165) is 24.8 Å². The molecule has 86 valence electrons. The standard InChI is InChI=1S/C13H16O3/c1-2-9-5-3-4-6-11(9)16-12(13(14)15)10-7-8-10/h3-6,10,12H,2,7-8H2,1H3,(H,14,15). The predicted octanol–water partition coefficient (Wildman–Crippen LogP) is 2.49. The lowest BCUT2D eigenvalue weighted by Crippen LogP contribution is -2.29. The van der Waals surface area contributed by atoms with E-state index in [-0.39, 0.29) is 5.92 Å². The summed E-state index contributed by atoms with van der Waals surface area (Å²) in [5.41, 5.74) is 1.06. The fourth-order valence-corrected chi connectivity index (χ4v) is 1.79. The van der Waals surface area contributed by atoms with Crippen LogP contribution >= 0.6 is 0 Å². The Morgan fingerprint density at radius 2 is 2.19 bits per heavy atom. The molecule has 0 amide bonds. The van der Waals surface area contributed by atoms with Gasteiger partial charge in [0, 0.05) is 5.92 Å². The van der Waals surface area contributed by atoms with E-state index in [1.807, 2.05) is 31.2 Å². The summed E-state index contributed by atoms with van der Waals surface area (Å²) >= 11 is 0. The van der Waals surface area contributed by atoms with Gasteiger partial charge in [0.2, 0.25) is 0 Å². The summed E-state index contributed by atoms with van der Waals surface area (Å²) in [6, 6.07) is 7.64. The molecule has 1 aliphatic rings. The summed E-state index contributed by atoms with van der Waals surface area (Å²) in [4.78, 5) is 11.1. The smallest absolute Gasteiger partial charge is 0.345 e. The first-order valence-corrected chi connectivity index (χ1v) is 5.69. The molecule has 1 fully saturated rings. The van der Waals surface area contributed by atoms with E-state index < -0.39 is 12.1 Å². The van der Waals surface area contributed by atoms with Crippen molar-refractivity contribution in [1.82, 2.24) is 0 Å². The minimum absolute atomic E-state index is 0.197. The highest BCUT2D eigenvalue weighted by Crippen LogP contribution is 2.35. The Morgan fingerprint density at radius 3 is 2.75 bits per heavy atom. The highest BCUT2D eigenvalue weighted by atomic mass is 16.5.